The van der Waals surface area contributed by atoms with Crippen LogP contribution in [0.15, 0.2) is 41.3 Å². The fourth-order valence-corrected chi connectivity index (χ4v) is 2.84. The summed E-state index contributed by atoms with van der Waals surface area (Å²) in [6.07, 6.45) is 0. The van der Waals surface area contributed by atoms with E-state index in [0.29, 0.717) is 26.9 Å². The van der Waals surface area contributed by atoms with Crippen molar-refractivity contribution >= 4 is 40.8 Å². The van der Waals surface area contributed by atoms with Gasteiger partial charge in [0, 0.05) is 16.2 Å². The average Bonchev–Trinajstić information content (AvgIpc) is 2.41. The van der Waals surface area contributed by atoms with Crippen molar-refractivity contribution in [3.8, 4) is 0 Å². The molecule has 6 heteroatoms. The lowest BCUT2D eigenvalue weighted by Crippen LogP contribution is -2.11. The van der Waals surface area contributed by atoms with Crippen molar-refractivity contribution in [1.82, 2.24) is 0 Å². The molecule has 2 rings (SSSR count). The number of benzene rings is 2. The molecular weight excluding hydrogens is 318 g/mol. The van der Waals surface area contributed by atoms with Gasteiger partial charge in [0.05, 0.1) is 10.0 Å². The molecule has 0 atom stereocenters. The largest absolute Gasteiger partial charge is 0.384 e. The Balaban J connectivity index is 2.10. The van der Waals surface area contributed by atoms with Crippen molar-refractivity contribution in [3.63, 3.8) is 0 Å². The molecule has 2 nitrogen and oxygen atoms in total. The van der Waals surface area contributed by atoms with Crippen molar-refractivity contribution < 1.29 is 4.39 Å². The molecule has 0 aliphatic rings. The summed E-state index contributed by atoms with van der Waals surface area (Å²) in [6, 6.07) is 9.83. The summed E-state index contributed by atoms with van der Waals surface area (Å²) >= 11 is 13.2. The van der Waals surface area contributed by atoms with Crippen molar-refractivity contribution in [2.24, 2.45) is 5.73 Å². The average molecular weight is 329 g/mol. The predicted octanol–water partition coefficient (Wildman–Crippen LogP) is 4.71. The fourth-order valence-electron chi connectivity index (χ4n) is 1.56. The van der Waals surface area contributed by atoms with Gasteiger partial charge >= 0.3 is 0 Å². The predicted molar refractivity (Wildman–Crippen MR) is 83.4 cm³/mol. The van der Waals surface area contributed by atoms with Gasteiger partial charge in [0.15, 0.2) is 0 Å². The molecule has 0 aliphatic heterocycles. The number of thioether (sulfide) groups is 1. The SMILES string of the molecule is N=C(N)c1ccc(CSc2ccc(Cl)c(Cl)c2)c(F)c1. The Bertz CT molecular complexity index is 662. The van der Waals surface area contributed by atoms with Gasteiger partial charge < -0.3 is 5.73 Å². The number of rotatable bonds is 4. The highest BCUT2D eigenvalue weighted by Crippen LogP contribution is 2.30. The molecule has 2 aromatic rings. The second-order valence-electron chi connectivity index (χ2n) is 4.08. The summed E-state index contributed by atoms with van der Waals surface area (Å²) in [6.45, 7) is 0. The smallest absolute Gasteiger partial charge is 0.127 e. The van der Waals surface area contributed by atoms with Gasteiger partial charge in [0.1, 0.15) is 11.7 Å². The molecule has 0 heterocycles. The Morgan fingerprint density at radius 3 is 2.50 bits per heavy atom. The zero-order valence-electron chi connectivity index (χ0n) is 10.3. The Kier molecular flexibility index (Phi) is 4.91. The van der Waals surface area contributed by atoms with Crippen LogP contribution in [0.4, 0.5) is 4.39 Å². The van der Waals surface area contributed by atoms with Crippen LogP contribution in [0.25, 0.3) is 0 Å². The maximum Gasteiger partial charge on any atom is 0.127 e. The van der Waals surface area contributed by atoms with E-state index in [0.717, 1.165) is 4.90 Å². The minimum absolute atomic E-state index is 0.146. The molecule has 0 radical (unpaired) electrons. The highest BCUT2D eigenvalue weighted by Gasteiger charge is 2.07. The number of hydrogen-bond acceptors (Lipinski definition) is 2. The Morgan fingerprint density at radius 1 is 1.15 bits per heavy atom. The van der Waals surface area contributed by atoms with Crippen LogP contribution in [-0.4, -0.2) is 5.84 Å². The lowest BCUT2D eigenvalue weighted by Gasteiger charge is -2.06. The first-order valence-electron chi connectivity index (χ1n) is 5.68. The van der Waals surface area contributed by atoms with Crippen molar-refractivity contribution in [1.29, 1.82) is 5.41 Å². The maximum atomic E-state index is 13.8. The summed E-state index contributed by atoms with van der Waals surface area (Å²) in [7, 11) is 0. The molecule has 0 aromatic heterocycles. The first kappa shape index (κ1) is 15.2. The summed E-state index contributed by atoms with van der Waals surface area (Å²) in [5.74, 6) is -0.0556. The van der Waals surface area contributed by atoms with Crippen molar-refractivity contribution in [2.45, 2.75) is 10.6 Å². The van der Waals surface area contributed by atoms with Gasteiger partial charge in [-0.1, -0.05) is 35.3 Å². The second-order valence-corrected chi connectivity index (χ2v) is 5.95. The van der Waals surface area contributed by atoms with Crippen LogP contribution >= 0.6 is 35.0 Å². The third-order valence-electron chi connectivity index (χ3n) is 2.65. The molecule has 0 saturated carbocycles. The van der Waals surface area contributed by atoms with Crippen LogP contribution in [0, 0.1) is 11.2 Å². The molecule has 0 aliphatic carbocycles. The Morgan fingerprint density at radius 2 is 1.90 bits per heavy atom. The van der Waals surface area contributed by atoms with E-state index >= 15 is 0 Å². The van der Waals surface area contributed by atoms with Gasteiger partial charge in [-0.05, 0) is 29.8 Å². The van der Waals surface area contributed by atoms with Crippen molar-refractivity contribution in [2.75, 3.05) is 0 Å². The summed E-state index contributed by atoms with van der Waals surface area (Å²) in [5.41, 5.74) is 6.24. The number of nitrogens with two attached hydrogens (primary N) is 1. The van der Waals surface area contributed by atoms with Crippen LogP contribution in [0.1, 0.15) is 11.1 Å². The molecule has 0 amide bonds. The van der Waals surface area contributed by atoms with E-state index < -0.39 is 0 Å². The Hall–Kier alpha value is -1.23. The molecule has 104 valence electrons. The van der Waals surface area contributed by atoms with Gasteiger partial charge in [-0.25, -0.2) is 4.39 Å². The van der Waals surface area contributed by atoms with Gasteiger partial charge in [-0.3, -0.25) is 5.41 Å². The zero-order valence-corrected chi connectivity index (χ0v) is 12.6. The van der Waals surface area contributed by atoms with Gasteiger partial charge in [-0.15, -0.1) is 11.8 Å². The van der Waals surface area contributed by atoms with Crippen LogP contribution in [-0.2, 0) is 5.75 Å². The van der Waals surface area contributed by atoms with E-state index in [1.54, 1.807) is 24.3 Å². The molecule has 0 bridgehead atoms. The van der Waals surface area contributed by atoms with E-state index in [2.05, 4.69) is 0 Å². The van der Waals surface area contributed by atoms with E-state index in [9.17, 15) is 4.39 Å². The lowest BCUT2D eigenvalue weighted by atomic mass is 10.1. The highest BCUT2D eigenvalue weighted by molar-refractivity contribution is 7.98. The standard InChI is InChI=1S/C14H11Cl2FN2S/c15-11-4-3-10(6-12(11)16)20-7-9-2-1-8(14(18)19)5-13(9)17/h1-6H,7H2,(H3,18,19). The molecular formula is C14H11Cl2FN2S. The minimum atomic E-state index is -0.370. The van der Waals surface area contributed by atoms with E-state index in [1.807, 2.05) is 6.07 Å². The van der Waals surface area contributed by atoms with Gasteiger partial charge in [0.25, 0.3) is 0 Å². The number of nitrogen functional groups attached to an aromatic ring is 1. The quantitative estimate of drug-likeness (QED) is 0.485. The van der Waals surface area contributed by atoms with Gasteiger partial charge in [0.2, 0.25) is 0 Å². The summed E-state index contributed by atoms with van der Waals surface area (Å²) < 4.78 is 13.8. The third kappa shape index (κ3) is 3.66. The van der Waals surface area contributed by atoms with Crippen LogP contribution in [0.5, 0.6) is 0 Å². The van der Waals surface area contributed by atoms with Crippen LogP contribution in [0.2, 0.25) is 10.0 Å². The summed E-state index contributed by atoms with van der Waals surface area (Å²) in [5, 5.41) is 8.23. The molecule has 0 saturated heterocycles. The fraction of sp³-hybridized carbons (Fsp3) is 0.0714. The van der Waals surface area contributed by atoms with Crippen LogP contribution in [0.3, 0.4) is 0 Å². The normalized spacial score (nSPS) is 10.6. The molecule has 0 fully saturated rings. The van der Waals surface area contributed by atoms with Crippen LogP contribution < -0.4 is 5.73 Å². The van der Waals surface area contributed by atoms with Crippen molar-refractivity contribution in [3.05, 3.63) is 63.4 Å². The number of amidine groups is 1. The number of hydrogen-bond donors (Lipinski definition) is 2. The van der Waals surface area contributed by atoms with E-state index in [1.165, 1.54) is 17.8 Å². The first-order chi connectivity index (χ1) is 9.47. The topological polar surface area (TPSA) is 49.9 Å². The lowest BCUT2D eigenvalue weighted by molar-refractivity contribution is 0.617. The summed E-state index contributed by atoms with van der Waals surface area (Å²) in [4.78, 5) is 0.912. The Labute approximate surface area is 130 Å². The molecule has 20 heavy (non-hydrogen) atoms. The molecule has 0 spiro atoms. The second kappa shape index (κ2) is 6.48. The zero-order chi connectivity index (χ0) is 14.7. The number of halogens is 3. The first-order valence-corrected chi connectivity index (χ1v) is 7.42. The minimum Gasteiger partial charge on any atom is -0.384 e. The van der Waals surface area contributed by atoms with Gasteiger partial charge in [-0.2, -0.15) is 0 Å². The van der Waals surface area contributed by atoms with E-state index in [-0.39, 0.29) is 11.7 Å². The van der Waals surface area contributed by atoms with E-state index in [4.69, 9.17) is 34.3 Å². The highest BCUT2D eigenvalue weighted by atomic mass is 35.5. The molecule has 0 unspecified atom stereocenters. The third-order valence-corrected chi connectivity index (χ3v) is 4.43. The maximum absolute atomic E-state index is 13.8. The number of nitrogens with one attached hydrogen (secondary N) is 1. The molecule has 2 aromatic carbocycles. The molecule has 3 N–H and O–H groups in total. The monoisotopic (exact) mass is 328 g/mol.